The second-order valence-electron chi connectivity index (χ2n) is 1.83. The zero-order valence-electron chi connectivity index (χ0n) is 5.14. The minimum absolute atomic E-state index is 0.330. The van der Waals surface area contributed by atoms with Crippen molar-refractivity contribution in [3.63, 3.8) is 0 Å². The Kier molecular flexibility index (Phi) is 4.10. The highest BCUT2D eigenvalue weighted by atomic mass is 19.1. The molecule has 5 heteroatoms. The summed E-state index contributed by atoms with van der Waals surface area (Å²) in [6, 6.07) is 0. The highest BCUT2D eigenvalue weighted by Crippen LogP contribution is 2.02. The minimum atomic E-state index is -2.50. The number of carbonyl (C=O) groups is 1. The van der Waals surface area contributed by atoms with Crippen molar-refractivity contribution in [3.8, 4) is 0 Å². The van der Waals surface area contributed by atoms with Gasteiger partial charge in [0.2, 0.25) is 6.36 Å². The largest absolute Gasteiger partial charge is 0.390 e. The smallest absolute Gasteiger partial charge is 0.225 e. The lowest BCUT2D eigenvalue weighted by Gasteiger charge is -2.14. The van der Waals surface area contributed by atoms with Gasteiger partial charge in [-0.15, -0.1) is 0 Å². The summed E-state index contributed by atoms with van der Waals surface area (Å²) in [7, 11) is 0. The molecule has 0 fully saturated rings. The Morgan fingerprint density at radius 1 is 1.40 bits per heavy atom. The normalized spacial score (nSPS) is 19.6. The van der Waals surface area contributed by atoms with Crippen LogP contribution in [0.2, 0.25) is 0 Å². The molecule has 0 saturated carbocycles. The van der Waals surface area contributed by atoms with E-state index in [2.05, 4.69) is 0 Å². The molecule has 0 amide bonds. The lowest BCUT2D eigenvalue weighted by molar-refractivity contribution is -0.126. The van der Waals surface area contributed by atoms with Crippen LogP contribution in [0, 0.1) is 0 Å². The van der Waals surface area contributed by atoms with Crippen LogP contribution >= 0.6 is 0 Å². The second-order valence-corrected chi connectivity index (χ2v) is 1.83. The molecule has 0 aromatic rings. The van der Waals surface area contributed by atoms with E-state index >= 15 is 0 Å². The van der Waals surface area contributed by atoms with Gasteiger partial charge in [-0.2, -0.15) is 0 Å². The summed E-state index contributed by atoms with van der Waals surface area (Å²) in [6.45, 7) is 0. The van der Waals surface area contributed by atoms with Crippen molar-refractivity contribution in [2.75, 3.05) is 0 Å². The van der Waals surface area contributed by atoms with Crippen molar-refractivity contribution in [1.29, 1.82) is 0 Å². The predicted octanol–water partition coefficient (Wildman–Crippen LogP) is -1.41. The van der Waals surface area contributed by atoms with E-state index in [-0.39, 0.29) is 6.42 Å². The number of hydrogen-bond acceptors (Lipinski definition) is 4. The Balaban J connectivity index is 3.68. The van der Waals surface area contributed by atoms with Gasteiger partial charge in [0, 0.05) is 6.42 Å². The van der Waals surface area contributed by atoms with Crippen LogP contribution in [0.5, 0.6) is 0 Å². The van der Waals surface area contributed by atoms with Crippen LogP contribution in [0.1, 0.15) is 6.42 Å². The second kappa shape index (κ2) is 4.32. The molecule has 4 nitrogen and oxygen atoms in total. The first-order valence-corrected chi connectivity index (χ1v) is 2.71. The van der Waals surface area contributed by atoms with Crippen LogP contribution in [0.3, 0.4) is 0 Å². The van der Waals surface area contributed by atoms with Gasteiger partial charge >= 0.3 is 0 Å². The van der Waals surface area contributed by atoms with Gasteiger partial charge in [0.1, 0.15) is 12.4 Å². The predicted molar refractivity (Wildman–Crippen MR) is 29.8 cm³/mol. The summed E-state index contributed by atoms with van der Waals surface area (Å²) in [5.41, 5.74) is 0. The van der Waals surface area contributed by atoms with E-state index in [0.717, 1.165) is 0 Å². The molecular weight excluding hydrogens is 143 g/mol. The van der Waals surface area contributed by atoms with Crippen molar-refractivity contribution in [2.45, 2.75) is 25.0 Å². The average molecular weight is 152 g/mol. The number of aliphatic hydroxyl groups excluding tert-OH is 3. The fourth-order valence-corrected chi connectivity index (χ4v) is 0.421. The highest BCUT2D eigenvalue weighted by molar-refractivity contribution is 5.50. The number of alkyl halides is 1. The maximum atomic E-state index is 11.7. The third-order valence-electron chi connectivity index (χ3n) is 1.01. The molecule has 0 bridgehead atoms. The van der Waals surface area contributed by atoms with Crippen molar-refractivity contribution < 1.29 is 24.5 Å². The molecule has 0 radical (unpaired) electrons. The van der Waals surface area contributed by atoms with E-state index in [1.807, 2.05) is 0 Å². The van der Waals surface area contributed by atoms with Gasteiger partial charge < -0.3 is 20.1 Å². The van der Waals surface area contributed by atoms with Crippen LogP contribution in [0.4, 0.5) is 4.39 Å². The van der Waals surface area contributed by atoms with Crippen LogP contribution in [-0.4, -0.2) is 40.2 Å². The molecule has 0 heterocycles. The molecule has 0 spiro atoms. The third kappa shape index (κ3) is 2.86. The molecule has 3 atom stereocenters. The van der Waals surface area contributed by atoms with Gasteiger partial charge in [0.05, 0.1) is 6.10 Å². The lowest BCUT2D eigenvalue weighted by atomic mass is 10.1. The maximum Gasteiger partial charge on any atom is 0.225 e. The quantitative estimate of drug-likeness (QED) is 0.432. The molecule has 0 rings (SSSR count). The van der Waals surface area contributed by atoms with Crippen molar-refractivity contribution >= 4 is 6.29 Å². The summed E-state index contributed by atoms with van der Waals surface area (Å²) in [5.74, 6) is 0. The number of rotatable bonds is 4. The topological polar surface area (TPSA) is 77.8 Å². The van der Waals surface area contributed by atoms with Crippen molar-refractivity contribution in [3.05, 3.63) is 0 Å². The summed E-state index contributed by atoms with van der Waals surface area (Å²) in [6.07, 6.45) is -5.99. The van der Waals surface area contributed by atoms with Crippen LogP contribution in [-0.2, 0) is 4.79 Å². The number of carbonyl (C=O) groups excluding carboxylic acids is 1. The van der Waals surface area contributed by atoms with Gasteiger partial charge in [-0.1, -0.05) is 0 Å². The first kappa shape index (κ1) is 9.48. The van der Waals surface area contributed by atoms with Gasteiger partial charge in [-0.3, -0.25) is 0 Å². The molecule has 0 aromatic carbocycles. The zero-order valence-corrected chi connectivity index (χ0v) is 5.14. The molecule has 0 aliphatic carbocycles. The Morgan fingerprint density at radius 2 is 1.90 bits per heavy atom. The van der Waals surface area contributed by atoms with Crippen LogP contribution in [0.15, 0.2) is 0 Å². The first-order valence-electron chi connectivity index (χ1n) is 2.71. The summed E-state index contributed by atoms with van der Waals surface area (Å²) >= 11 is 0. The zero-order chi connectivity index (χ0) is 8.15. The van der Waals surface area contributed by atoms with E-state index < -0.39 is 18.6 Å². The summed E-state index contributed by atoms with van der Waals surface area (Å²) in [5, 5.41) is 25.1. The van der Waals surface area contributed by atoms with Crippen LogP contribution in [0.25, 0.3) is 0 Å². The fraction of sp³-hybridized carbons (Fsp3) is 0.800. The van der Waals surface area contributed by atoms with Gasteiger partial charge in [0.25, 0.3) is 0 Å². The average Bonchev–Trinajstić information content (AvgIpc) is 1.87. The molecule has 10 heavy (non-hydrogen) atoms. The van der Waals surface area contributed by atoms with Gasteiger partial charge in [-0.25, -0.2) is 4.39 Å². The number of hydrogen-bond donors (Lipinski definition) is 3. The van der Waals surface area contributed by atoms with E-state index in [1.54, 1.807) is 0 Å². The number of halogens is 1. The Morgan fingerprint density at radius 3 is 2.20 bits per heavy atom. The van der Waals surface area contributed by atoms with E-state index in [4.69, 9.17) is 15.3 Å². The molecule has 0 aliphatic rings. The van der Waals surface area contributed by atoms with E-state index in [9.17, 15) is 9.18 Å². The maximum absolute atomic E-state index is 11.7. The molecule has 3 N–H and O–H groups in total. The van der Waals surface area contributed by atoms with Crippen molar-refractivity contribution in [1.82, 2.24) is 0 Å². The third-order valence-corrected chi connectivity index (χ3v) is 1.01. The minimum Gasteiger partial charge on any atom is -0.390 e. The monoisotopic (exact) mass is 152 g/mol. The Hall–Kier alpha value is -0.520. The SMILES string of the molecule is O=CCC(O)C(O)C(O)F. The molecule has 0 aromatic heterocycles. The molecule has 0 aliphatic heterocycles. The molecule has 60 valence electrons. The number of aliphatic hydroxyl groups is 3. The van der Waals surface area contributed by atoms with E-state index in [0.29, 0.717) is 6.29 Å². The molecular formula is C5H9FO4. The fourth-order valence-electron chi connectivity index (χ4n) is 0.421. The van der Waals surface area contributed by atoms with Gasteiger partial charge in [-0.05, 0) is 0 Å². The highest BCUT2D eigenvalue weighted by Gasteiger charge is 2.23. The number of aldehydes is 1. The summed E-state index contributed by atoms with van der Waals surface area (Å²) < 4.78 is 11.7. The van der Waals surface area contributed by atoms with Crippen molar-refractivity contribution in [2.24, 2.45) is 0 Å². The lowest BCUT2D eigenvalue weighted by Crippen LogP contribution is -2.34. The van der Waals surface area contributed by atoms with Crippen LogP contribution < -0.4 is 0 Å². The summed E-state index contributed by atoms with van der Waals surface area (Å²) in [4.78, 5) is 9.67. The first-order chi connectivity index (χ1) is 4.59. The Bertz CT molecular complexity index is 106. The Labute approximate surface area is 56.9 Å². The molecule has 0 saturated heterocycles. The molecule has 3 unspecified atom stereocenters. The van der Waals surface area contributed by atoms with Gasteiger partial charge in [0.15, 0.2) is 0 Å². The standard InChI is InChI=1S/C5H9FO4/c6-5(10)4(9)3(8)1-2-7/h2-5,8-10H,1H2. The van der Waals surface area contributed by atoms with E-state index in [1.165, 1.54) is 0 Å².